The van der Waals surface area contributed by atoms with E-state index in [0.717, 1.165) is 11.6 Å². The SMILES string of the molecule is COS(=O)(=O)[O-].C[N+](C)(C)C. The maximum Gasteiger partial charge on any atom is 0.217 e. The molecule has 0 rings (SSSR count). The Morgan fingerprint density at radius 3 is 1.27 bits per heavy atom. The van der Waals surface area contributed by atoms with Crippen LogP contribution < -0.4 is 0 Å². The van der Waals surface area contributed by atoms with Gasteiger partial charge in [-0.3, -0.25) is 4.18 Å². The molecule has 0 amide bonds. The molecule has 5 nitrogen and oxygen atoms in total. The van der Waals surface area contributed by atoms with Crippen molar-refractivity contribution in [2.75, 3.05) is 35.3 Å². The van der Waals surface area contributed by atoms with Gasteiger partial charge in [-0.2, -0.15) is 0 Å². The second-order valence-electron chi connectivity index (χ2n) is 3.26. The minimum absolute atomic E-state index is 0.808. The van der Waals surface area contributed by atoms with Gasteiger partial charge in [0.2, 0.25) is 10.4 Å². The van der Waals surface area contributed by atoms with E-state index in [0.29, 0.717) is 0 Å². The molecule has 0 aliphatic heterocycles. The van der Waals surface area contributed by atoms with Crippen LogP contribution in [0.5, 0.6) is 0 Å². The van der Waals surface area contributed by atoms with Crippen LogP contribution in [0.2, 0.25) is 0 Å². The number of quaternary nitrogens is 1. The van der Waals surface area contributed by atoms with Gasteiger partial charge < -0.3 is 9.04 Å². The number of hydrogen-bond donors (Lipinski definition) is 0. The summed E-state index contributed by atoms with van der Waals surface area (Å²) in [5.41, 5.74) is 0. The van der Waals surface area contributed by atoms with Crippen LogP contribution in [0, 0.1) is 0 Å². The minimum Gasteiger partial charge on any atom is -0.726 e. The molecular weight excluding hydrogens is 170 g/mol. The molecule has 0 radical (unpaired) electrons. The van der Waals surface area contributed by atoms with E-state index in [9.17, 15) is 13.0 Å². The third kappa shape index (κ3) is 75.2. The first-order chi connectivity index (χ1) is 4.56. The average molecular weight is 185 g/mol. The molecule has 0 aliphatic carbocycles. The summed E-state index contributed by atoms with van der Waals surface area (Å²) in [5.74, 6) is 0. The van der Waals surface area contributed by atoms with E-state index in [1.165, 1.54) is 0 Å². The number of rotatable bonds is 1. The van der Waals surface area contributed by atoms with Crippen molar-refractivity contribution in [1.29, 1.82) is 0 Å². The molecule has 0 unspecified atom stereocenters. The van der Waals surface area contributed by atoms with Crippen LogP contribution in [0.4, 0.5) is 0 Å². The molecule has 11 heavy (non-hydrogen) atoms. The maximum absolute atomic E-state index is 9.22. The van der Waals surface area contributed by atoms with E-state index in [2.05, 4.69) is 32.4 Å². The highest BCUT2D eigenvalue weighted by atomic mass is 32.3. The van der Waals surface area contributed by atoms with E-state index in [-0.39, 0.29) is 0 Å². The molecule has 0 saturated carbocycles. The van der Waals surface area contributed by atoms with Crippen LogP contribution in [-0.4, -0.2) is 52.8 Å². The standard InChI is InChI=1S/C4H12N.CH4O4S/c1-5(2,3)4;1-5-6(2,3)4/h1-4H3;1H3,(H,2,3,4)/q+1;/p-1. The summed E-state index contributed by atoms with van der Waals surface area (Å²) < 4.78 is 32.0. The molecule has 0 atom stereocenters. The molecular formula is C5H15NO4S. The van der Waals surface area contributed by atoms with Gasteiger partial charge in [0.05, 0.1) is 35.3 Å². The third-order valence-corrected chi connectivity index (χ3v) is 0.612. The van der Waals surface area contributed by atoms with Gasteiger partial charge in [0.25, 0.3) is 0 Å². The summed E-state index contributed by atoms with van der Waals surface area (Å²) in [4.78, 5) is 0. The smallest absolute Gasteiger partial charge is 0.217 e. The van der Waals surface area contributed by atoms with Crippen LogP contribution in [0.3, 0.4) is 0 Å². The lowest BCUT2D eigenvalue weighted by atomic mass is 10.8. The van der Waals surface area contributed by atoms with Gasteiger partial charge in [-0.25, -0.2) is 8.42 Å². The van der Waals surface area contributed by atoms with Crippen molar-refractivity contribution in [3.63, 3.8) is 0 Å². The molecule has 0 saturated heterocycles. The molecule has 0 fully saturated rings. The summed E-state index contributed by atoms with van der Waals surface area (Å²) in [6.45, 7) is 0. The Balaban J connectivity index is 0. The lowest BCUT2D eigenvalue weighted by molar-refractivity contribution is -0.849. The lowest BCUT2D eigenvalue weighted by Gasteiger charge is -2.14. The van der Waals surface area contributed by atoms with Crippen LogP contribution in [0.25, 0.3) is 0 Å². The van der Waals surface area contributed by atoms with Gasteiger partial charge in [-0.15, -0.1) is 0 Å². The highest BCUT2D eigenvalue weighted by Crippen LogP contribution is 1.74. The second-order valence-corrected chi connectivity index (χ2v) is 4.41. The van der Waals surface area contributed by atoms with Crippen LogP contribution in [0.15, 0.2) is 0 Å². The van der Waals surface area contributed by atoms with Crippen molar-refractivity contribution < 1.29 is 21.6 Å². The molecule has 0 spiro atoms. The van der Waals surface area contributed by atoms with Crippen molar-refractivity contribution in [3.05, 3.63) is 0 Å². The van der Waals surface area contributed by atoms with Gasteiger partial charge in [-0.1, -0.05) is 0 Å². The molecule has 0 heterocycles. The summed E-state index contributed by atoms with van der Waals surface area (Å²) in [5, 5.41) is 0. The molecule has 0 aromatic carbocycles. The summed E-state index contributed by atoms with van der Waals surface area (Å²) >= 11 is 0. The minimum atomic E-state index is -4.41. The van der Waals surface area contributed by atoms with Crippen LogP contribution in [0.1, 0.15) is 0 Å². The van der Waals surface area contributed by atoms with E-state index >= 15 is 0 Å². The molecule has 0 bridgehead atoms. The van der Waals surface area contributed by atoms with E-state index in [4.69, 9.17) is 0 Å². The molecule has 6 heteroatoms. The molecule has 0 N–H and O–H groups in total. The fourth-order valence-electron chi connectivity index (χ4n) is 0. The molecule has 0 aromatic heterocycles. The van der Waals surface area contributed by atoms with Gasteiger partial charge in [0.15, 0.2) is 0 Å². The fraction of sp³-hybridized carbons (Fsp3) is 1.00. The predicted octanol–water partition coefficient (Wildman–Crippen LogP) is -0.585. The summed E-state index contributed by atoms with van der Waals surface area (Å²) in [7, 11) is 4.90. The quantitative estimate of drug-likeness (QED) is 0.311. The first-order valence-electron chi connectivity index (χ1n) is 2.86. The maximum atomic E-state index is 9.22. The Kier molecular flexibility index (Phi) is 5.68. The first-order valence-corrected chi connectivity index (χ1v) is 4.20. The van der Waals surface area contributed by atoms with E-state index in [1.807, 2.05) is 0 Å². The van der Waals surface area contributed by atoms with Gasteiger partial charge in [0, 0.05) is 0 Å². The van der Waals surface area contributed by atoms with Crippen molar-refractivity contribution >= 4 is 10.4 Å². The normalized spacial score (nSPS) is 11.8. The molecule has 0 aromatic rings. The van der Waals surface area contributed by atoms with Crippen LogP contribution >= 0.6 is 0 Å². The van der Waals surface area contributed by atoms with Crippen molar-refractivity contribution in [2.24, 2.45) is 0 Å². The second kappa shape index (κ2) is 4.66. The zero-order valence-corrected chi connectivity index (χ0v) is 8.30. The lowest BCUT2D eigenvalue weighted by Crippen LogP contribution is -2.27. The Morgan fingerprint density at radius 2 is 1.27 bits per heavy atom. The zero-order valence-electron chi connectivity index (χ0n) is 7.49. The van der Waals surface area contributed by atoms with Gasteiger partial charge >= 0.3 is 0 Å². The average Bonchev–Trinajstić information content (AvgIpc) is 1.59. The Hall–Kier alpha value is -0.170. The van der Waals surface area contributed by atoms with Crippen molar-refractivity contribution in [1.82, 2.24) is 0 Å². The topological polar surface area (TPSA) is 66.4 Å². The summed E-state index contributed by atoms with van der Waals surface area (Å²) in [6.07, 6.45) is 0. The van der Waals surface area contributed by atoms with E-state index < -0.39 is 10.4 Å². The van der Waals surface area contributed by atoms with Crippen molar-refractivity contribution in [2.45, 2.75) is 0 Å². The predicted molar refractivity (Wildman–Crippen MR) is 40.7 cm³/mol. The monoisotopic (exact) mass is 185 g/mol. The Morgan fingerprint density at radius 1 is 1.18 bits per heavy atom. The third-order valence-electron chi connectivity index (χ3n) is 0.204. The highest BCUT2D eigenvalue weighted by molar-refractivity contribution is 7.80. The fourth-order valence-corrected chi connectivity index (χ4v) is 0. The molecule has 0 aliphatic rings. The van der Waals surface area contributed by atoms with Gasteiger partial charge in [0.1, 0.15) is 0 Å². The van der Waals surface area contributed by atoms with E-state index in [1.54, 1.807) is 0 Å². The zero-order chi connectivity index (χ0) is 9.71. The molecule has 70 valence electrons. The number of nitrogens with zero attached hydrogens (tertiary/aromatic N) is 1. The van der Waals surface area contributed by atoms with Crippen molar-refractivity contribution in [3.8, 4) is 0 Å². The first kappa shape index (κ1) is 13.4. The largest absolute Gasteiger partial charge is 0.726 e. The number of hydrogen-bond acceptors (Lipinski definition) is 4. The van der Waals surface area contributed by atoms with Crippen LogP contribution in [-0.2, 0) is 14.6 Å². The Labute approximate surface area is 68.1 Å². The highest BCUT2D eigenvalue weighted by Gasteiger charge is 1.88. The summed E-state index contributed by atoms with van der Waals surface area (Å²) in [6, 6.07) is 0. The van der Waals surface area contributed by atoms with Gasteiger partial charge in [-0.05, 0) is 0 Å². The Bertz CT molecular complexity index is 173.